The molecule has 1 unspecified atom stereocenters. The summed E-state index contributed by atoms with van der Waals surface area (Å²) in [5.74, 6) is 0.560. The number of hydrogen-bond donors (Lipinski definition) is 1. The van der Waals surface area contributed by atoms with E-state index in [9.17, 15) is 9.59 Å². The van der Waals surface area contributed by atoms with Crippen molar-refractivity contribution in [3.8, 4) is 5.75 Å². The van der Waals surface area contributed by atoms with E-state index in [-0.39, 0.29) is 17.9 Å². The molecule has 27 heavy (non-hydrogen) atoms. The molecule has 2 aromatic rings. The van der Waals surface area contributed by atoms with Crippen LogP contribution >= 0.6 is 0 Å². The first kappa shape index (κ1) is 19.0. The van der Waals surface area contributed by atoms with Crippen molar-refractivity contribution >= 4 is 17.5 Å². The average molecular weight is 366 g/mol. The zero-order valence-electron chi connectivity index (χ0n) is 15.9. The molecular formula is C22H26N2O3. The van der Waals surface area contributed by atoms with Crippen LogP contribution in [0.15, 0.2) is 48.5 Å². The summed E-state index contributed by atoms with van der Waals surface area (Å²) < 4.78 is 5.73. The van der Waals surface area contributed by atoms with Crippen molar-refractivity contribution in [3.63, 3.8) is 0 Å². The average Bonchev–Trinajstić information content (AvgIpc) is 3.23. The molecule has 2 aromatic carbocycles. The first-order valence-electron chi connectivity index (χ1n) is 9.54. The van der Waals surface area contributed by atoms with Gasteiger partial charge in [0, 0.05) is 29.9 Å². The molecule has 0 aliphatic carbocycles. The lowest BCUT2D eigenvalue weighted by Gasteiger charge is -2.16. The number of rotatable bonds is 6. The van der Waals surface area contributed by atoms with Crippen LogP contribution in [-0.4, -0.2) is 35.9 Å². The zero-order chi connectivity index (χ0) is 19.2. The van der Waals surface area contributed by atoms with Gasteiger partial charge in [-0.2, -0.15) is 0 Å². The van der Waals surface area contributed by atoms with Crippen molar-refractivity contribution in [2.45, 2.75) is 39.2 Å². The fourth-order valence-electron chi connectivity index (χ4n) is 3.04. The Kier molecular flexibility index (Phi) is 6.12. The van der Waals surface area contributed by atoms with Crippen LogP contribution in [0.1, 0.15) is 53.8 Å². The highest BCUT2D eigenvalue weighted by molar-refractivity contribution is 6.05. The summed E-state index contributed by atoms with van der Waals surface area (Å²) in [5.41, 5.74) is 1.76. The van der Waals surface area contributed by atoms with Gasteiger partial charge in [0.1, 0.15) is 5.75 Å². The minimum absolute atomic E-state index is 0.0233. The van der Waals surface area contributed by atoms with Crippen LogP contribution in [0.4, 0.5) is 5.69 Å². The van der Waals surface area contributed by atoms with E-state index in [1.54, 1.807) is 48.5 Å². The van der Waals surface area contributed by atoms with Crippen molar-refractivity contribution < 1.29 is 14.3 Å². The summed E-state index contributed by atoms with van der Waals surface area (Å²) >= 11 is 0. The molecule has 1 fully saturated rings. The van der Waals surface area contributed by atoms with Gasteiger partial charge in [-0.05, 0) is 68.7 Å². The second-order valence-corrected chi connectivity index (χ2v) is 6.90. The predicted octanol–water partition coefficient (Wildman–Crippen LogP) is 4.35. The van der Waals surface area contributed by atoms with E-state index >= 15 is 0 Å². The number of amides is 2. The molecule has 0 aromatic heterocycles. The first-order valence-corrected chi connectivity index (χ1v) is 9.54. The summed E-state index contributed by atoms with van der Waals surface area (Å²) in [4.78, 5) is 26.9. The Bertz CT molecular complexity index is 795. The third-order valence-corrected chi connectivity index (χ3v) is 4.79. The lowest BCUT2D eigenvalue weighted by Crippen LogP contribution is -2.27. The summed E-state index contributed by atoms with van der Waals surface area (Å²) in [6.45, 7) is 5.69. The van der Waals surface area contributed by atoms with Crippen molar-refractivity contribution in [3.05, 3.63) is 59.7 Å². The minimum atomic E-state index is -0.212. The molecule has 1 atom stereocenters. The monoisotopic (exact) mass is 366 g/mol. The molecule has 0 bridgehead atoms. The molecule has 1 saturated heterocycles. The Morgan fingerprint density at radius 1 is 1.07 bits per heavy atom. The fourth-order valence-corrected chi connectivity index (χ4v) is 3.04. The molecule has 0 radical (unpaired) electrons. The lowest BCUT2D eigenvalue weighted by molar-refractivity contribution is 0.0792. The number of hydrogen-bond acceptors (Lipinski definition) is 3. The molecule has 3 rings (SSSR count). The Labute approximate surface area is 160 Å². The third kappa shape index (κ3) is 4.88. The van der Waals surface area contributed by atoms with E-state index in [2.05, 4.69) is 12.2 Å². The normalized spacial score (nSPS) is 14.7. The topological polar surface area (TPSA) is 58.6 Å². The Balaban J connectivity index is 1.65. The van der Waals surface area contributed by atoms with Gasteiger partial charge in [-0.15, -0.1) is 0 Å². The van der Waals surface area contributed by atoms with Crippen LogP contribution in [0.25, 0.3) is 0 Å². The number of nitrogens with zero attached hydrogens (tertiary/aromatic N) is 1. The molecule has 1 aliphatic heterocycles. The highest BCUT2D eigenvalue weighted by atomic mass is 16.5. The van der Waals surface area contributed by atoms with Crippen LogP contribution in [0, 0.1) is 0 Å². The Morgan fingerprint density at radius 3 is 2.44 bits per heavy atom. The van der Waals surface area contributed by atoms with Gasteiger partial charge in [0.2, 0.25) is 0 Å². The smallest absolute Gasteiger partial charge is 0.255 e. The van der Waals surface area contributed by atoms with Gasteiger partial charge < -0.3 is 15.0 Å². The van der Waals surface area contributed by atoms with Crippen molar-refractivity contribution in [2.75, 3.05) is 18.4 Å². The molecule has 5 heteroatoms. The number of nitrogens with one attached hydrogen (secondary N) is 1. The quantitative estimate of drug-likeness (QED) is 0.827. The maximum Gasteiger partial charge on any atom is 0.255 e. The maximum atomic E-state index is 12.5. The first-order chi connectivity index (χ1) is 13.1. The fraction of sp³-hybridized carbons (Fsp3) is 0.364. The molecular weight excluding hydrogens is 340 g/mol. The largest absolute Gasteiger partial charge is 0.491 e. The number of carbonyl (C=O) groups is 2. The van der Waals surface area contributed by atoms with Gasteiger partial charge in [0.05, 0.1) is 6.10 Å². The molecule has 0 saturated carbocycles. The van der Waals surface area contributed by atoms with Gasteiger partial charge in [0.25, 0.3) is 11.8 Å². The number of anilines is 1. The number of carbonyl (C=O) groups excluding carboxylic acids is 2. The number of benzene rings is 2. The standard InChI is InChI=1S/C22H26N2O3/c1-3-16(2)27-20-11-9-17(10-12-20)21(25)23-19-8-6-7-18(15-19)22(26)24-13-4-5-14-24/h6-12,15-16H,3-5,13-14H2,1-2H3,(H,23,25). The molecule has 142 valence electrons. The third-order valence-electron chi connectivity index (χ3n) is 4.79. The minimum Gasteiger partial charge on any atom is -0.491 e. The van der Waals surface area contributed by atoms with E-state index in [0.717, 1.165) is 38.1 Å². The summed E-state index contributed by atoms with van der Waals surface area (Å²) in [6.07, 6.45) is 3.17. The van der Waals surface area contributed by atoms with Crippen LogP contribution in [0.2, 0.25) is 0 Å². The highest BCUT2D eigenvalue weighted by Crippen LogP contribution is 2.19. The molecule has 2 amide bonds. The second-order valence-electron chi connectivity index (χ2n) is 6.90. The van der Waals surface area contributed by atoms with Crippen LogP contribution in [0.5, 0.6) is 5.75 Å². The molecule has 5 nitrogen and oxygen atoms in total. The van der Waals surface area contributed by atoms with Crippen molar-refractivity contribution in [1.82, 2.24) is 4.90 Å². The van der Waals surface area contributed by atoms with Gasteiger partial charge in [0.15, 0.2) is 0 Å². The van der Waals surface area contributed by atoms with E-state index < -0.39 is 0 Å². The molecule has 1 N–H and O–H groups in total. The Morgan fingerprint density at radius 2 is 1.78 bits per heavy atom. The second kappa shape index (κ2) is 8.71. The van der Waals surface area contributed by atoms with E-state index in [0.29, 0.717) is 16.8 Å². The van der Waals surface area contributed by atoms with Crippen molar-refractivity contribution in [2.24, 2.45) is 0 Å². The summed E-state index contributed by atoms with van der Waals surface area (Å²) in [5, 5.41) is 2.86. The SMILES string of the molecule is CCC(C)Oc1ccc(C(=O)Nc2cccc(C(=O)N3CCCC3)c2)cc1. The van der Waals surface area contributed by atoms with Gasteiger partial charge in [-0.25, -0.2) is 0 Å². The van der Waals surface area contributed by atoms with E-state index in [1.165, 1.54) is 0 Å². The van der Waals surface area contributed by atoms with Crippen LogP contribution in [0.3, 0.4) is 0 Å². The maximum absolute atomic E-state index is 12.5. The predicted molar refractivity (Wildman–Crippen MR) is 106 cm³/mol. The van der Waals surface area contributed by atoms with E-state index in [4.69, 9.17) is 4.74 Å². The molecule has 0 spiro atoms. The summed E-state index contributed by atoms with van der Waals surface area (Å²) in [6, 6.07) is 14.2. The number of likely N-dealkylation sites (tertiary alicyclic amines) is 1. The van der Waals surface area contributed by atoms with Gasteiger partial charge in [-0.1, -0.05) is 13.0 Å². The van der Waals surface area contributed by atoms with Crippen LogP contribution < -0.4 is 10.1 Å². The molecule has 1 aliphatic rings. The van der Waals surface area contributed by atoms with Crippen LogP contribution in [-0.2, 0) is 0 Å². The molecule has 1 heterocycles. The van der Waals surface area contributed by atoms with Gasteiger partial charge in [-0.3, -0.25) is 9.59 Å². The van der Waals surface area contributed by atoms with Gasteiger partial charge >= 0.3 is 0 Å². The number of ether oxygens (including phenoxy) is 1. The lowest BCUT2D eigenvalue weighted by atomic mass is 10.1. The summed E-state index contributed by atoms with van der Waals surface area (Å²) in [7, 11) is 0. The Hall–Kier alpha value is -2.82. The zero-order valence-corrected chi connectivity index (χ0v) is 15.9. The van der Waals surface area contributed by atoms with Crippen molar-refractivity contribution in [1.29, 1.82) is 0 Å². The highest BCUT2D eigenvalue weighted by Gasteiger charge is 2.19. The van der Waals surface area contributed by atoms with E-state index in [1.807, 2.05) is 11.8 Å².